The number of halogens is 1. The zero-order valence-electron chi connectivity index (χ0n) is 7.62. The fraction of sp³-hybridized carbons (Fsp3) is 0.625. The Hall–Kier alpha value is -0.740. The largest absolute Gasteiger partial charge is 0.432 e. The fourth-order valence-corrected chi connectivity index (χ4v) is 1.34. The number of aromatic nitrogens is 1. The molecule has 1 N–H and O–H groups in total. The molecule has 1 aromatic heterocycles. The molecule has 74 valence electrons. The van der Waals surface area contributed by atoms with Gasteiger partial charge in [0.05, 0.1) is 5.69 Å². The Morgan fingerprint density at radius 3 is 2.69 bits per heavy atom. The molecular weight excluding hydrogens is 190 g/mol. The quantitative estimate of drug-likeness (QED) is 0.734. The topological polar surface area (TPSA) is 41.3 Å². The van der Waals surface area contributed by atoms with E-state index in [2.05, 4.69) is 15.2 Å². The summed E-state index contributed by atoms with van der Waals surface area (Å²) < 4.78 is 5.29. The smallest absolute Gasteiger partial charge is 0.297 e. The standard InChI is InChI=1S/C8H13N3O.ClH/c1-7-6-12-8(10-7)11-4-2-9-3-5-11;/h6,9H,2-5H2,1H3;1H. The fourth-order valence-electron chi connectivity index (χ4n) is 1.34. The molecule has 13 heavy (non-hydrogen) atoms. The number of anilines is 1. The first kappa shape index (κ1) is 10.3. The zero-order chi connectivity index (χ0) is 8.39. The first-order chi connectivity index (χ1) is 5.86. The number of aryl methyl sites for hydroxylation is 1. The van der Waals surface area contributed by atoms with E-state index in [1.54, 1.807) is 6.26 Å². The summed E-state index contributed by atoms with van der Waals surface area (Å²) in [5, 5.41) is 3.28. The van der Waals surface area contributed by atoms with E-state index in [4.69, 9.17) is 4.42 Å². The van der Waals surface area contributed by atoms with Crippen LogP contribution in [0.5, 0.6) is 0 Å². The highest BCUT2D eigenvalue weighted by Gasteiger charge is 2.14. The van der Waals surface area contributed by atoms with E-state index in [9.17, 15) is 0 Å². The molecule has 0 amide bonds. The van der Waals surface area contributed by atoms with Gasteiger partial charge in [-0.2, -0.15) is 4.98 Å². The minimum absolute atomic E-state index is 0. The van der Waals surface area contributed by atoms with Gasteiger partial charge in [0.25, 0.3) is 6.01 Å². The summed E-state index contributed by atoms with van der Waals surface area (Å²) in [6.07, 6.45) is 1.69. The minimum atomic E-state index is 0. The number of oxazole rings is 1. The first-order valence-electron chi connectivity index (χ1n) is 4.24. The van der Waals surface area contributed by atoms with Crippen LogP contribution in [-0.2, 0) is 0 Å². The predicted molar refractivity (Wildman–Crippen MR) is 53.6 cm³/mol. The molecule has 5 heteroatoms. The van der Waals surface area contributed by atoms with Crippen LogP contribution in [-0.4, -0.2) is 31.2 Å². The van der Waals surface area contributed by atoms with Gasteiger partial charge in [-0.25, -0.2) is 0 Å². The Kier molecular flexibility index (Phi) is 3.57. The van der Waals surface area contributed by atoms with Gasteiger partial charge in [0, 0.05) is 26.2 Å². The van der Waals surface area contributed by atoms with Crippen molar-refractivity contribution < 1.29 is 4.42 Å². The van der Waals surface area contributed by atoms with Crippen molar-refractivity contribution in [3.63, 3.8) is 0 Å². The molecule has 0 radical (unpaired) electrons. The molecule has 1 aliphatic rings. The van der Waals surface area contributed by atoms with Crippen molar-refractivity contribution >= 4 is 18.4 Å². The third-order valence-electron chi connectivity index (χ3n) is 1.99. The molecule has 1 fully saturated rings. The Morgan fingerprint density at radius 2 is 2.15 bits per heavy atom. The molecule has 2 rings (SSSR count). The lowest BCUT2D eigenvalue weighted by Crippen LogP contribution is -2.43. The minimum Gasteiger partial charge on any atom is -0.432 e. The Balaban J connectivity index is 0.000000845. The average molecular weight is 204 g/mol. The molecule has 0 spiro atoms. The molecule has 0 unspecified atom stereocenters. The highest BCUT2D eigenvalue weighted by Crippen LogP contribution is 2.12. The number of rotatable bonds is 1. The van der Waals surface area contributed by atoms with Crippen molar-refractivity contribution in [2.75, 3.05) is 31.1 Å². The molecular formula is C8H14ClN3O. The lowest BCUT2D eigenvalue weighted by Gasteiger charge is -2.25. The molecule has 1 saturated heterocycles. The van der Waals surface area contributed by atoms with Crippen molar-refractivity contribution in [3.05, 3.63) is 12.0 Å². The van der Waals surface area contributed by atoms with Gasteiger partial charge in [-0.3, -0.25) is 0 Å². The summed E-state index contributed by atoms with van der Waals surface area (Å²) in [4.78, 5) is 6.42. The van der Waals surface area contributed by atoms with Crippen LogP contribution in [0.2, 0.25) is 0 Å². The maximum atomic E-state index is 5.29. The van der Waals surface area contributed by atoms with E-state index in [1.165, 1.54) is 0 Å². The normalized spacial score (nSPS) is 16.8. The Morgan fingerprint density at radius 1 is 1.46 bits per heavy atom. The predicted octanol–water partition coefficient (Wildman–Crippen LogP) is 0.814. The lowest BCUT2D eigenvalue weighted by atomic mass is 10.4. The highest BCUT2D eigenvalue weighted by atomic mass is 35.5. The van der Waals surface area contributed by atoms with Crippen LogP contribution in [0.15, 0.2) is 10.7 Å². The molecule has 0 atom stereocenters. The Labute approximate surface area is 83.7 Å². The van der Waals surface area contributed by atoms with E-state index in [0.29, 0.717) is 0 Å². The molecule has 0 saturated carbocycles. The maximum absolute atomic E-state index is 5.29. The summed E-state index contributed by atoms with van der Waals surface area (Å²) in [6.45, 7) is 5.94. The van der Waals surface area contributed by atoms with E-state index >= 15 is 0 Å². The number of hydrogen-bond acceptors (Lipinski definition) is 4. The van der Waals surface area contributed by atoms with Crippen molar-refractivity contribution in [1.82, 2.24) is 10.3 Å². The summed E-state index contributed by atoms with van der Waals surface area (Å²) in [7, 11) is 0. The average Bonchev–Trinajstić information content (AvgIpc) is 2.54. The second-order valence-electron chi connectivity index (χ2n) is 3.01. The van der Waals surface area contributed by atoms with Crippen LogP contribution in [0.1, 0.15) is 5.69 Å². The number of nitrogens with zero attached hydrogens (tertiary/aromatic N) is 2. The second-order valence-corrected chi connectivity index (χ2v) is 3.01. The van der Waals surface area contributed by atoms with Crippen LogP contribution in [0.3, 0.4) is 0 Å². The van der Waals surface area contributed by atoms with Crippen LogP contribution >= 0.6 is 12.4 Å². The number of hydrogen-bond donors (Lipinski definition) is 1. The van der Waals surface area contributed by atoms with Crippen LogP contribution < -0.4 is 10.2 Å². The van der Waals surface area contributed by atoms with Gasteiger partial charge in [0.15, 0.2) is 0 Å². The van der Waals surface area contributed by atoms with Crippen molar-refractivity contribution in [2.24, 2.45) is 0 Å². The zero-order valence-corrected chi connectivity index (χ0v) is 8.43. The second kappa shape index (κ2) is 4.48. The van der Waals surface area contributed by atoms with Crippen LogP contribution in [0.25, 0.3) is 0 Å². The SMILES string of the molecule is Cc1coc(N2CCNCC2)n1.Cl. The summed E-state index contributed by atoms with van der Waals surface area (Å²) >= 11 is 0. The van der Waals surface area contributed by atoms with Crippen molar-refractivity contribution in [3.8, 4) is 0 Å². The van der Waals surface area contributed by atoms with Gasteiger partial charge in [-0.1, -0.05) is 0 Å². The number of nitrogens with one attached hydrogen (secondary N) is 1. The summed E-state index contributed by atoms with van der Waals surface area (Å²) in [5.41, 5.74) is 0.948. The van der Waals surface area contributed by atoms with Gasteiger partial charge in [0.1, 0.15) is 6.26 Å². The van der Waals surface area contributed by atoms with E-state index in [0.717, 1.165) is 37.9 Å². The Bertz CT molecular complexity index is 258. The molecule has 1 aromatic rings. The third-order valence-corrected chi connectivity index (χ3v) is 1.99. The molecule has 0 bridgehead atoms. The first-order valence-corrected chi connectivity index (χ1v) is 4.24. The molecule has 2 heterocycles. The van der Waals surface area contributed by atoms with Gasteiger partial charge in [-0.15, -0.1) is 12.4 Å². The van der Waals surface area contributed by atoms with E-state index in [-0.39, 0.29) is 12.4 Å². The molecule has 4 nitrogen and oxygen atoms in total. The lowest BCUT2D eigenvalue weighted by molar-refractivity contribution is 0.498. The van der Waals surface area contributed by atoms with Crippen molar-refractivity contribution in [2.45, 2.75) is 6.92 Å². The van der Waals surface area contributed by atoms with Crippen LogP contribution in [0, 0.1) is 6.92 Å². The van der Waals surface area contributed by atoms with Crippen molar-refractivity contribution in [1.29, 1.82) is 0 Å². The van der Waals surface area contributed by atoms with Gasteiger partial charge in [-0.05, 0) is 6.92 Å². The van der Waals surface area contributed by atoms with Crippen LogP contribution in [0.4, 0.5) is 6.01 Å². The third kappa shape index (κ3) is 2.35. The van der Waals surface area contributed by atoms with E-state index < -0.39 is 0 Å². The van der Waals surface area contributed by atoms with Gasteiger partial charge < -0.3 is 14.6 Å². The molecule has 0 aromatic carbocycles. The van der Waals surface area contributed by atoms with Gasteiger partial charge in [0.2, 0.25) is 0 Å². The highest BCUT2D eigenvalue weighted by molar-refractivity contribution is 5.85. The maximum Gasteiger partial charge on any atom is 0.297 e. The monoisotopic (exact) mass is 203 g/mol. The van der Waals surface area contributed by atoms with Gasteiger partial charge >= 0.3 is 0 Å². The molecule has 1 aliphatic heterocycles. The summed E-state index contributed by atoms with van der Waals surface area (Å²) in [6, 6.07) is 0.758. The van der Waals surface area contributed by atoms with E-state index in [1.807, 2.05) is 6.92 Å². The molecule has 0 aliphatic carbocycles. The number of piperazine rings is 1. The summed E-state index contributed by atoms with van der Waals surface area (Å²) in [5.74, 6) is 0.